The minimum atomic E-state index is -3.93. The summed E-state index contributed by atoms with van der Waals surface area (Å²) in [5.74, 6) is -0.0317. The van der Waals surface area contributed by atoms with Gasteiger partial charge in [-0.2, -0.15) is 4.31 Å². The van der Waals surface area contributed by atoms with Crippen molar-refractivity contribution in [2.24, 2.45) is 5.92 Å². The molecule has 0 bridgehead atoms. The first-order valence-electron chi connectivity index (χ1n) is 11.5. The van der Waals surface area contributed by atoms with Crippen molar-refractivity contribution in [3.8, 4) is 16.9 Å². The van der Waals surface area contributed by atoms with Gasteiger partial charge in [0.25, 0.3) is 0 Å². The highest BCUT2D eigenvalue weighted by molar-refractivity contribution is 7.89. The third-order valence-corrected chi connectivity index (χ3v) is 8.01. The van der Waals surface area contributed by atoms with E-state index in [1.807, 2.05) is 26.0 Å². The third-order valence-electron chi connectivity index (χ3n) is 5.99. The van der Waals surface area contributed by atoms with E-state index < -0.39 is 22.2 Å². The number of hydrogen-bond acceptors (Lipinski definition) is 6. The van der Waals surface area contributed by atoms with Crippen molar-refractivity contribution in [1.29, 1.82) is 0 Å². The summed E-state index contributed by atoms with van der Waals surface area (Å²) in [6, 6.07) is 7.84. The maximum Gasteiger partial charge on any atom is 0.317 e. The zero-order chi connectivity index (χ0) is 24.9. The van der Waals surface area contributed by atoms with Gasteiger partial charge in [-0.05, 0) is 37.1 Å². The van der Waals surface area contributed by atoms with Crippen molar-refractivity contribution in [3.05, 3.63) is 42.7 Å². The van der Waals surface area contributed by atoms with Gasteiger partial charge in [0.15, 0.2) is 0 Å². The molecule has 1 aromatic carbocycles. The van der Waals surface area contributed by atoms with Crippen molar-refractivity contribution in [3.63, 3.8) is 0 Å². The SMILES string of the molecule is CCCNC(=O)N(C)C[C@H]1Oc2cc(-c3cccnc3)ccc2S(=O)(=O)N([C@H](C)CO)C[C@@H]1C. The van der Waals surface area contributed by atoms with Crippen LogP contribution in [0.25, 0.3) is 11.1 Å². The van der Waals surface area contributed by atoms with Crippen LogP contribution in [0.3, 0.4) is 0 Å². The molecule has 34 heavy (non-hydrogen) atoms. The van der Waals surface area contributed by atoms with Gasteiger partial charge in [-0.15, -0.1) is 0 Å². The molecule has 2 heterocycles. The lowest BCUT2D eigenvalue weighted by Crippen LogP contribution is -2.51. The molecule has 3 rings (SSSR count). The van der Waals surface area contributed by atoms with Crippen LogP contribution < -0.4 is 10.1 Å². The summed E-state index contributed by atoms with van der Waals surface area (Å²) in [6.07, 6.45) is 3.73. The summed E-state index contributed by atoms with van der Waals surface area (Å²) in [5.41, 5.74) is 1.60. The van der Waals surface area contributed by atoms with Crippen LogP contribution in [-0.4, -0.2) is 79.2 Å². The Morgan fingerprint density at radius 3 is 2.76 bits per heavy atom. The number of sulfonamides is 1. The summed E-state index contributed by atoms with van der Waals surface area (Å²) in [7, 11) is -2.23. The number of urea groups is 1. The second-order valence-electron chi connectivity index (χ2n) is 8.76. The molecule has 2 N–H and O–H groups in total. The van der Waals surface area contributed by atoms with Crippen molar-refractivity contribution in [2.75, 3.05) is 33.3 Å². The second-order valence-corrected chi connectivity index (χ2v) is 10.6. The fourth-order valence-corrected chi connectivity index (χ4v) is 5.70. The Hall–Kier alpha value is -2.69. The van der Waals surface area contributed by atoms with Gasteiger partial charge in [0.05, 0.1) is 13.2 Å². The number of amides is 2. The highest BCUT2D eigenvalue weighted by atomic mass is 32.2. The van der Waals surface area contributed by atoms with Crippen LogP contribution in [0, 0.1) is 5.92 Å². The number of benzene rings is 1. The Labute approximate surface area is 201 Å². The first-order valence-corrected chi connectivity index (χ1v) is 13.0. The van der Waals surface area contributed by atoms with Crippen LogP contribution >= 0.6 is 0 Å². The topological polar surface area (TPSA) is 112 Å². The predicted molar refractivity (Wildman–Crippen MR) is 130 cm³/mol. The number of ether oxygens (including phenoxy) is 1. The molecule has 0 aliphatic carbocycles. The van der Waals surface area contributed by atoms with Gasteiger partial charge in [-0.1, -0.05) is 26.0 Å². The average Bonchev–Trinajstić information content (AvgIpc) is 2.84. The van der Waals surface area contributed by atoms with Gasteiger partial charge in [0.2, 0.25) is 10.0 Å². The number of carbonyl (C=O) groups is 1. The molecular weight excluding hydrogens is 456 g/mol. The largest absolute Gasteiger partial charge is 0.487 e. The van der Waals surface area contributed by atoms with Crippen LogP contribution in [0.2, 0.25) is 0 Å². The lowest BCUT2D eigenvalue weighted by Gasteiger charge is -2.37. The number of fused-ring (bicyclic) bond motifs is 1. The second kappa shape index (κ2) is 11.2. The molecule has 186 valence electrons. The molecule has 0 radical (unpaired) electrons. The van der Waals surface area contributed by atoms with Gasteiger partial charge in [-0.25, -0.2) is 13.2 Å². The van der Waals surface area contributed by atoms with Crippen LogP contribution in [0.5, 0.6) is 5.75 Å². The Kier molecular flexibility index (Phi) is 8.51. The number of likely N-dealkylation sites (N-methyl/N-ethyl adjacent to an activating group) is 1. The smallest absolute Gasteiger partial charge is 0.317 e. The molecule has 10 heteroatoms. The maximum atomic E-state index is 13.6. The molecule has 0 saturated heterocycles. The highest BCUT2D eigenvalue weighted by Crippen LogP contribution is 2.36. The zero-order valence-corrected chi connectivity index (χ0v) is 21.0. The molecule has 0 saturated carbocycles. The standard InChI is InChI=1S/C24H34N4O5S/c1-5-10-26-24(30)27(4)15-22-17(2)14-28(18(3)16-29)34(31,32)23-9-8-19(12-21(23)33-22)20-7-6-11-25-13-20/h6-9,11-13,17-18,22,29H,5,10,14-16H2,1-4H3,(H,26,30)/t17-,18+,22+/m0/s1. The van der Waals surface area contributed by atoms with Crippen molar-refractivity contribution < 1.29 is 23.1 Å². The fraction of sp³-hybridized carbons (Fsp3) is 0.500. The van der Waals surface area contributed by atoms with Crippen molar-refractivity contribution in [1.82, 2.24) is 19.5 Å². The molecule has 2 amide bonds. The normalized spacial score (nSPS) is 20.9. The van der Waals surface area contributed by atoms with Gasteiger partial charge in [-0.3, -0.25) is 4.98 Å². The summed E-state index contributed by atoms with van der Waals surface area (Å²) >= 11 is 0. The van der Waals surface area contributed by atoms with E-state index in [-0.39, 0.29) is 42.3 Å². The zero-order valence-electron chi connectivity index (χ0n) is 20.1. The van der Waals surface area contributed by atoms with Gasteiger partial charge in [0.1, 0.15) is 16.7 Å². The molecular formula is C24H34N4O5S. The summed E-state index contributed by atoms with van der Waals surface area (Å²) in [6.45, 7) is 6.24. The molecule has 3 atom stereocenters. The van der Waals surface area contributed by atoms with E-state index in [1.54, 1.807) is 43.4 Å². The predicted octanol–water partition coefficient (Wildman–Crippen LogP) is 2.57. The Morgan fingerprint density at radius 2 is 2.12 bits per heavy atom. The number of nitrogens with zero attached hydrogens (tertiary/aromatic N) is 3. The summed E-state index contributed by atoms with van der Waals surface area (Å²) in [4.78, 5) is 18.2. The number of carbonyl (C=O) groups excluding carboxylic acids is 1. The minimum Gasteiger partial charge on any atom is -0.487 e. The fourth-order valence-electron chi connectivity index (χ4n) is 3.88. The lowest BCUT2D eigenvalue weighted by atomic mass is 10.0. The Bertz CT molecular complexity index is 1080. The molecule has 0 unspecified atom stereocenters. The van der Waals surface area contributed by atoms with E-state index in [4.69, 9.17) is 4.74 Å². The molecule has 0 fully saturated rings. The van der Waals surface area contributed by atoms with Crippen molar-refractivity contribution in [2.45, 2.75) is 44.2 Å². The Balaban J connectivity index is 2.04. The number of aliphatic hydroxyl groups is 1. The van der Waals surface area contributed by atoms with E-state index in [0.717, 1.165) is 17.5 Å². The van der Waals surface area contributed by atoms with Crippen molar-refractivity contribution >= 4 is 16.1 Å². The molecule has 1 aliphatic rings. The minimum absolute atomic E-state index is 0.0374. The molecule has 2 aromatic rings. The number of pyridine rings is 1. The number of aromatic nitrogens is 1. The van der Waals surface area contributed by atoms with Crippen LogP contribution in [-0.2, 0) is 10.0 Å². The highest BCUT2D eigenvalue weighted by Gasteiger charge is 2.38. The first kappa shape index (κ1) is 25.9. The first-order chi connectivity index (χ1) is 16.2. The van der Waals surface area contributed by atoms with E-state index in [0.29, 0.717) is 6.54 Å². The molecule has 1 aliphatic heterocycles. The van der Waals surface area contributed by atoms with E-state index in [9.17, 15) is 18.3 Å². The molecule has 9 nitrogen and oxygen atoms in total. The Morgan fingerprint density at radius 1 is 1.35 bits per heavy atom. The summed E-state index contributed by atoms with van der Waals surface area (Å²) in [5, 5.41) is 12.6. The van der Waals surface area contributed by atoms with Gasteiger partial charge >= 0.3 is 6.03 Å². The number of nitrogens with one attached hydrogen (secondary N) is 1. The van der Waals surface area contributed by atoms with E-state index >= 15 is 0 Å². The quantitative estimate of drug-likeness (QED) is 0.617. The van der Waals surface area contributed by atoms with Crippen LogP contribution in [0.15, 0.2) is 47.6 Å². The molecule has 0 spiro atoms. The average molecular weight is 491 g/mol. The molecule has 1 aromatic heterocycles. The van der Waals surface area contributed by atoms with E-state index in [1.165, 1.54) is 10.4 Å². The van der Waals surface area contributed by atoms with Gasteiger partial charge in [0, 0.05) is 50.1 Å². The third kappa shape index (κ3) is 5.68. The number of aliphatic hydroxyl groups excluding tert-OH is 1. The number of hydrogen-bond donors (Lipinski definition) is 2. The van der Waals surface area contributed by atoms with Crippen LogP contribution in [0.1, 0.15) is 27.2 Å². The van der Waals surface area contributed by atoms with Crippen LogP contribution in [0.4, 0.5) is 4.79 Å². The maximum absolute atomic E-state index is 13.6. The monoisotopic (exact) mass is 490 g/mol. The summed E-state index contributed by atoms with van der Waals surface area (Å²) < 4.78 is 34.8. The lowest BCUT2D eigenvalue weighted by molar-refractivity contribution is 0.0813. The van der Waals surface area contributed by atoms with Gasteiger partial charge < -0.3 is 20.1 Å². The number of rotatable bonds is 7. The van der Waals surface area contributed by atoms with E-state index in [2.05, 4.69) is 10.3 Å².